The highest BCUT2D eigenvalue weighted by molar-refractivity contribution is 5.29. The van der Waals surface area contributed by atoms with Gasteiger partial charge in [0, 0.05) is 23.7 Å². The summed E-state index contributed by atoms with van der Waals surface area (Å²) in [6, 6.07) is 0. The van der Waals surface area contributed by atoms with Gasteiger partial charge in [0.05, 0.1) is 63.6 Å². The molecule has 0 radical (unpaired) electrons. The predicted molar refractivity (Wildman–Crippen MR) is 272 cm³/mol. The SMILES string of the molecule is C=C1CO[C@@]2(OC3CC4C5CC=C6C[C@@H](O)C[C@@H](O[C@@H]7OC[C@H](O)[C@H](O[C@@H]8OC[C@@H](O)[C@H](O)[C@H]8O)[C@H]7O[C@@H]7O[C@@H](C)[C@H](O)[C@@H](O)[C@H]7O)[C@]6(C)C5CC[C@]4(C)C3[C@@H]2CO[C@]2(CO)O[C@H](CO)[C@@H](O)[C@@H]2O)[C@@H](O)[C@H]1O[C@@H]1O[C@H](C)[C@H](O)[C@H](O)[C@H]1O. The van der Waals surface area contributed by atoms with Crippen LogP contribution in [0.3, 0.4) is 0 Å². The number of rotatable bonds is 13. The van der Waals surface area contributed by atoms with Crippen molar-refractivity contribution in [3.8, 4) is 0 Å². The lowest BCUT2D eigenvalue weighted by Gasteiger charge is -2.61. The lowest BCUT2D eigenvalue weighted by Crippen LogP contribution is -2.65. The molecule has 7 saturated heterocycles. The Labute approximate surface area is 478 Å². The highest BCUT2D eigenvalue weighted by Crippen LogP contribution is 2.71. The van der Waals surface area contributed by atoms with E-state index in [1.807, 2.05) is 0 Å². The Hall–Kier alpha value is -1.64. The molecule has 0 bridgehead atoms. The monoisotopic (exact) mass is 1190 g/mol. The van der Waals surface area contributed by atoms with E-state index in [4.69, 9.17) is 56.8 Å². The summed E-state index contributed by atoms with van der Waals surface area (Å²) in [6.07, 6.45) is -33.5. The molecule has 7 heterocycles. The van der Waals surface area contributed by atoms with Crippen molar-refractivity contribution in [3.63, 3.8) is 0 Å². The minimum atomic E-state index is -2.24. The molecule has 0 aromatic heterocycles. The van der Waals surface area contributed by atoms with Gasteiger partial charge in [-0.25, -0.2) is 0 Å². The molecule has 28 nitrogen and oxygen atoms in total. The first kappa shape index (κ1) is 62.9. The maximum Gasteiger partial charge on any atom is 0.221 e. The van der Waals surface area contributed by atoms with Gasteiger partial charge in [-0.05, 0) is 74.7 Å². The quantitative estimate of drug-likeness (QED) is 0.0763. The molecule has 4 aliphatic carbocycles. The lowest BCUT2D eigenvalue weighted by molar-refractivity contribution is -0.382. The fourth-order valence-electron chi connectivity index (χ4n) is 16.4. The standard InChI is InChI=1S/C55H86O28/c1-19-14-75-55(47(71)43(19)79-49-41(68)38(65)34(61)20(2)76-49)27(15-74-54(18-57)46(70)37(64)31(13-56)82-54)33-30(83-55)12-26-24-7-6-22-10-23(58)11-32(53(22,5)25(24)8-9-52(26,33)4)78-51-45(81-50-42(69)39(66)35(62)21(3)77-50)44(29(60)17-73-51)80-48-40(67)36(63)28(59)16-72-48/h6,20-21,23-51,56-71H,1,7-18H2,2-5H3/t20-,21+,23-,24?,25?,26?,27+,28-,29+,30?,31-,32-,33?,34+,35+,36+,37-,38+,39-,40-,41-,42-,43+,44+,45-,46+,47+,48+,49+,50+,51+,52+,53+,54-,55+/m1/s1. The van der Waals surface area contributed by atoms with Crippen LogP contribution in [0, 0.1) is 40.4 Å². The van der Waals surface area contributed by atoms with Gasteiger partial charge in [-0.1, -0.05) is 32.1 Å². The Balaban J connectivity index is 0.895. The van der Waals surface area contributed by atoms with Crippen molar-refractivity contribution in [1.82, 2.24) is 0 Å². The van der Waals surface area contributed by atoms with Crippen LogP contribution < -0.4 is 0 Å². The zero-order valence-electron chi connectivity index (χ0n) is 46.7. The van der Waals surface area contributed by atoms with E-state index in [9.17, 15) is 81.7 Å². The Morgan fingerprint density at radius 3 is 1.93 bits per heavy atom. The average Bonchev–Trinajstić information content (AvgIpc) is 1.61. The number of aliphatic hydroxyl groups is 16. The van der Waals surface area contributed by atoms with Crippen molar-refractivity contribution >= 4 is 0 Å². The largest absolute Gasteiger partial charge is 0.394 e. The van der Waals surface area contributed by atoms with Crippen LogP contribution in [0.25, 0.3) is 0 Å². The maximum atomic E-state index is 12.7. The van der Waals surface area contributed by atoms with Crippen LogP contribution in [0.1, 0.15) is 66.2 Å². The molecule has 28 heteroatoms. The molecular formula is C55H86O28. The zero-order valence-corrected chi connectivity index (χ0v) is 46.7. The summed E-state index contributed by atoms with van der Waals surface area (Å²) < 4.78 is 75.2. The van der Waals surface area contributed by atoms with Gasteiger partial charge in [0.1, 0.15) is 110 Å². The summed E-state index contributed by atoms with van der Waals surface area (Å²) in [5, 5.41) is 175. The second-order valence-corrected chi connectivity index (χ2v) is 25.7. The van der Waals surface area contributed by atoms with Crippen molar-refractivity contribution in [2.75, 3.05) is 39.6 Å². The van der Waals surface area contributed by atoms with E-state index in [1.54, 1.807) is 0 Å². The van der Waals surface area contributed by atoms with Crippen LogP contribution in [-0.2, 0) is 56.8 Å². The molecule has 3 saturated carbocycles. The topological polar surface area (TPSA) is 434 Å². The first-order chi connectivity index (χ1) is 39.2. The van der Waals surface area contributed by atoms with Crippen LogP contribution in [0.5, 0.6) is 0 Å². The molecule has 16 N–H and O–H groups in total. The number of hydrogen-bond acceptors (Lipinski definition) is 28. The molecule has 10 fully saturated rings. The van der Waals surface area contributed by atoms with E-state index in [1.165, 1.54) is 13.8 Å². The fourth-order valence-corrected chi connectivity index (χ4v) is 16.4. The molecule has 7 aliphatic heterocycles. The molecule has 35 atom stereocenters. The van der Waals surface area contributed by atoms with Crippen molar-refractivity contribution in [3.05, 3.63) is 23.8 Å². The minimum Gasteiger partial charge on any atom is -0.394 e. The maximum absolute atomic E-state index is 12.7. The molecule has 11 aliphatic rings. The number of hydrogen-bond donors (Lipinski definition) is 16. The van der Waals surface area contributed by atoms with Gasteiger partial charge >= 0.3 is 0 Å². The molecular weight excluding hydrogens is 1110 g/mol. The molecule has 0 aromatic carbocycles. The minimum absolute atomic E-state index is 0.0898. The van der Waals surface area contributed by atoms with Gasteiger partial charge in [0.2, 0.25) is 11.6 Å². The Morgan fingerprint density at radius 2 is 1.28 bits per heavy atom. The number of aliphatic hydroxyl groups excluding tert-OH is 16. The van der Waals surface area contributed by atoms with E-state index in [-0.39, 0.29) is 36.4 Å². The number of allylic oxidation sites excluding steroid dienone is 1. The van der Waals surface area contributed by atoms with Crippen molar-refractivity contribution in [2.24, 2.45) is 40.4 Å². The third-order valence-corrected chi connectivity index (χ3v) is 21.2. The van der Waals surface area contributed by atoms with Gasteiger partial charge in [-0.3, -0.25) is 0 Å². The first-order valence-corrected chi connectivity index (χ1v) is 29.2. The first-order valence-electron chi connectivity index (χ1n) is 29.2. The van der Waals surface area contributed by atoms with E-state index in [0.29, 0.717) is 32.1 Å². The van der Waals surface area contributed by atoms with Crippen LogP contribution >= 0.6 is 0 Å². The smallest absolute Gasteiger partial charge is 0.221 e. The van der Waals surface area contributed by atoms with Crippen LogP contribution in [0.15, 0.2) is 23.8 Å². The number of fused-ring (bicyclic) bond motifs is 7. The highest BCUT2D eigenvalue weighted by Gasteiger charge is 2.74. The second kappa shape index (κ2) is 23.6. The van der Waals surface area contributed by atoms with Gasteiger partial charge in [0.25, 0.3) is 0 Å². The predicted octanol–water partition coefficient (Wildman–Crippen LogP) is -6.03. The molecule has 0 aromatic rings. The highest BCUT2D eigenvalue weighted by atomic mass is 16.8. The van der Waals surface area contributed by atoms with Gasteiger partial charge in [-0.15, -0.1) is 0 Å². The van der Waals surface area contributed by atoms with Gasteiger partial charge < -0.3 is 139 Å². The molecule has 0 amide bonds. The third-order valence-electron chi connectivity index (χ3n) is 21.2. The second-order valence-electron chi connectivity index (χ2n) is 25.7. The van der Waals surface area contributed by atoms with E-state index in [2.05, 4.69) is 26.5 Å². The normalized spacial score (nSPS) is 57.2. The van der Waals surface area contributed by atoms with Gasteiger partial charge in [0.15, 0.2) is 25.2 Å². The summed E-state index contributed by atoms with van der Waals surface area (Å²) in [7, 11) is 0. The summed E-state index contributed by atoms with van der Waals surface area (Å²) in [6.45, 7) is 8.02. The average molecular weight is 1200 g/mol. The third kappa shape index (κ3) is 10.3. The lowest BCUT2D eigenvalue weighted by atomic mass is 9.46. The van der Waals surface area contributed by atoms with Crippen LogP contribution in [-0.4, -0.2) is 292 Å². The van der Waals surface area contributed by atoms with E-state index < -0.39 is 227 Å². The molecule has 83 heavy (non-hydrogen) atoms. The fraction of sp³-hybridized carbons (Fsp3) is 0.927. The van der Waals surface area contributed by atoms with E-state index in [0.717, 1.165) is 5.57 Å². The number of ether oxygens (including phenoxy) is 12. The molecule has 474 valence electrons. The summed E-state index contributed by atoms with van der Waals surface area (Å²) in [5.41, 5.74) is -0.329. The molecule has 1 spiro atoms. The van der Waals surface area contributed by atoms with Crippen LogP contribution in [0.4, 0.5) is 0 Å². The summed E-state index contributed by atoms with van der Waals surface area (Å²) in [4.78, 5) is 0. The molecule has 5 unspecified atom stereocenters. The summed E-state index contributed by atoms with van der Waals surface area (Å²) >= 11 is 0. The molecule has 11 rings (SSSR count). The Kier molecular flexibility index (Phi) is 17.9. The van der Waals surface area contributed by atoms with E-state index >= 15 is 0 Å². The van der Waals surface area contributed by atoms with Crippen LogP contribution in [0.2, 0.25) is 0 Å². The van der Waals surface area contributed by atoms with Crippen molar-refractivity contribution < 1.29 is 139 Å². The van der Waals surface area contributed by atoms with Crippen molar-refractivity contribution in [1.29, 1.82) is 0 Å². The van der Waals surface area contributed by atoms with Gasteiger partial charge in [-0.2, -0.15) is 0 Å². The van der Waals surface area contributed by atoms with Crippen molar-refractivity contribution in [2.45, 2.75) is 237 Å². The zero-order chi connectivity index (χ0) is 59.7. The summed E-state index contributed by atoms with van der Waals surface area (Å²) in [5.74, 6) is -6.05. The Bertz CT molecular complexity index is 2320. The Morgan fingerprint density at radius 1 is 0.651 bits per heavy atom.